The number of amides is 1. The molecule has 1 aromatic rings. The highest BCUT2D eigenvalue weighted by Gasteiger charge is 2.38. The summed E-state index contributed by atoms with van der Waals surface area (Å²) in [4.78, 5) is 21.6. The highest BCUT2D eigenvalue weighted by Crippen LogP contribution is 2.25. The number of carbonyl (C=O) groups excluding carboxylic acids is 1. The van der Waals surface area contributed by atoms with Gasteiger partial charge in [0.05, 0.1) is 16.1 Å². The van der Waals surface area contributed by atoms with Crippen molar-refractivity contribution in [3.63, 3.8) is 0 Å². The number of carbonyl (C=O) groups is 1. The van der Waals surface area contributed by atoms with E-state index >= 15 is 0 Å². The van der Waals surface area contributed by atoms with Crippen LogP contribution < -0.4 is 5.32 Å². The van der Waals surface area contributed by atoms with Gasteiger partial charge in [-0.3, -0.25) is 14.9 Å². The van der Waals surface area contributed by atoms with Crippen LogP contribution in [0.25, 0.3) is 0 Å². The number of hydrogen-bond acceptors (Lipinski definition) is 4. The third-order valence-corrected chi connectivity index (χ3v) is 3.45. The van der Waals surface area contributed by atoms with Gasteiger partial charge >= 0.3 is 5.69 Å². The van der Waals surface area contributed by atoms with Crippen molar-refractivity contribution in [3.05, 3.63) is 39.4 Å². The van der Waals surface area contributed by atoms with Crippen molar-refractivity contribution in [1.82, 2.24) is 5.32 Å². The fraction of sp³-hybridized carbons (Fsp3) is 0.462. The Hall–Kier alpha value is -2.09. The molecule has 0 fully saturated rings. The van der Waals surface area contributed by atoms with E-state index in [1.807, 2.05) is 0 Å². The molecule has 0 bridgehead atoms. The summed E-state index contributed by atoms with van der Waals surface area (Å²) >= 11 is 0. The molecular weight excluding hydrogens is 286 g/mol. The number of nitrogens with zero attached hydrogens (tertiary/aromatic N) is 1. The lowest BCUT2D eigenvalue weighted by Crippen LogP contribution is -2.57. The summed E-state index contributed by atoms with van der Waals surface area (Å²) < 4.78 is 27.5. The first-order valence-corrected chi connectivity index (χ1v) is 6.06. The molecule has 0 atom stereocenters. The highest BCUT2D eigenvalue weighted by molar-refractivity contribution is 5.96. The van der Waals surface area contributed by atoms with Gasteiger partial charge in [-0.25, -0.2) is 4.39 Å². The predicted octanol–water partition coefficient (Wildman–Crippen LogP) is 2.15. The molecule has 2 N–H and O–H groups in total. The molecule has 8 heteroatoms. The predicted molar refractivity (Wildman–Crippen MR) is 70.9 cm³/mol. The maximum Gasteiger partial charge on any atom is 0.305 e. The van der Waals surface area contributed by atoms with Crippen LogP contribution in [0, 0.1) is 21.7 Å². The molecule has 1 aromatic carbocycles. The van der Waals surface area contributed by atoms with Gasteiger partial charge in [0.15, 0.2) is 0 Å². The molecule has 0 aliphatic carbocycles. The summed E-state index contributed by atoms with van der Waals surface area (Å²) in [5.41, 5.74) is -4.65. The first-order valence-electron chi connectivity index (χ1n) is 6.06. The van der Waals surface area contributed by atoms with Gasteiger partial charge in [-0.1, -0.05) is 0 Å². The van der Waals surface area contributed by atoms with Gasteiger partial charge in [0.1, 0.15) is 11.4 Å². The number of nitro benzene ring substituents is 1. The fourth-order valence-electron chi connectivity index (χ4n) is 1.39. The smallest absolute Gasteiger partial charge is 0.305 e. The number of halogens is 2. The van der Waals surface area contributed by atoms with E-state index in [0.717, 1.165) is 0 Å². The Labute approximate surface area is 119 Å². The summed E-state index contributed by atoms with van der Waals surface area (Å²) in [6.45, 7) is 5.73. The minimum absolute atomic E-state index is 0.641. The first kappa shape index (κ1) is 17.0. The van der Waals surface area contributed by atoms with E-state index in [2.05, 4.69) is 5.32 Å². The molecule has 1 amide bonds. The zero-order chi connectivity index (χ0) is 16.6. The standard InChI is InChI=1S/C13H16F2N2O4/c1-12(2,13(3,4)19)16-11(18)9-7(14)5-6-8(10(9)15)17(20)21/h5-6,19H,1-4H3,(H,16,18). The summed E-state index contributed by atoms with van der Waals surface area (Å²) in [5.74, 6) is -3.95. The van der Waals surface area contributed by atoms with Gasteiger partial charge in [0.25, 0.3) is 5.91 Å². The van der Waals surface area contributed by atoms with E-state index < -0.39 is 44.9 Å². The van der Waals surface area contributed by atoms with E-state index in [4.69, 9.17) is 0 Å². The monoisotopic (exact) mass is 302 g/mol. The van der Waals surface area contributed by atoms with Gasteiger partial charge in [0.2, 0.25) is 5.82 Å². The highest BCUT2D eigenvalue weighted by atomic mass is 19.1. The zero-order valence-corrected chi connectivity index (χ0v) is 12.0. The van der Waals surface area contributed by atoms with E-state index in [-0.39, 0.29) is 0 Å². The normalized spacial score (nSPS) is 12.1. The van der Waals surface area contributed by atoms with Crippen LogP contribution in [0.1, 0.15) is 38.1 Å². The fourth-order valence-corrected chi connectivity index (χ4v) is 1.39. The molecular formula is C13H16F2N2O4. The van der Waals surface area contributed by atoms with Crippen LogP contribution in [-0.4, -0.2) is 27.1 Å². The maximum absolute atomic E-state index is 13.9. The van der Waals surface area contributed by atoms with Crippen LogP contribution in [0.2, 0.25) is 0 Å². The molecule has 0 radical (unpaired) electrons. The average molecular weight is 302 g/mol. The molecule has 0 saturated carbocycles. The molecule has 116 valence electrons. The Bertz CT molecular complexity index is 595. The Balaban J connectivity index is 3.26. The van der Waals surface area contributed by atoms with Gasteiger partial charge in [0, 0.05) is 6.07 Å². The summed E-state index contributed by atoms with van der Waals surface area (Å²) in [5, 5.41) is 22.8. The molecule has 0 aromatic heterocycles. The van der Waals surface area contributed by atoms with Crippen molar-refractivity contribution in [1.29, 1.82) is 0 Å². The number of nitro groups is 1. The van der Waals surface area contributed by atoms with Gasteiger partial charge in [-0.2, -0.15) is 4.39 Å². The summed E-state index contributed by atoms with van der Waals surface area (Å²) in [6, 6.07) is 1.29. The quantitative estimate of drug-likeness (QED) is 0.658. The van der Waals surface area contributed by atoms with Crippen molar-refractivity contribution >= 4 is 11.6 Å². The van der Waals surface area contributed by atoms with Crippen LogP contribution in [0.4, 0.5) is 14.5 Å². The number of aliphatic hydroxyl groups is 1. The maximum atomic E-state index is 13.9. The molecule has 21 heavy (non-hydrogen) atoms. The second kappa shape index (κ2) is 5.36. The van der Waals surface area contributed by atoms with Crippen molar-refractivity contribution in [2.24, 2.45) is 0 Å². The van der Waals surface area contributed by atoms with Gasteiger partial charge in [-0.05, 0) is 33.8 Å². The van der Waals surface area contributed by atoms with Crippen LogP contribution in [0.3, 0.4) is 0 Å². The summed E-state index contributed by atoms with van der Waals surface area (Å²) in [6.07, 6.45) is 0. The van der Waals surface area contributed by atoms with Crippen LogP contribution in [-0.2, 0) is 0 Å². The second-order valence-electron chi connectivity index (χ2n) is 5.65. The molecule has 0 aliphatic heterocycles. The molecule has 6 nitrogen and oxygen atoms in total. The Morgan fingerprint density at radius 2 is 1.81 bits per heavy atom. The van der Waals surface area contributed by atoms with Crippen molar-refractivity contribution in [3.8, 4) is 0 Å². The molecule has 0 unspecified atom stereocenters. The van der Waals surface area contributed by atoms with Crippen molar-refractivity contribution in [2.75, 3.05) is 0 Å². The van der Waals surface area contributed by atoms with Crippen molar-refractivity contribution in [2.45, 2.75) is 38.8 Å². The molecule has 1 rings (SSSR count). The largest absolute Gasteiger partial charge is 0.388 e. The SMILES string of the molecule is CC(C)(O)C(C)(C)NC(=O)c1c(F)ccc([N+](=O)[O-])c1F. The minimum Gasteiger partial charge on any atom is -0.388 e. The third-order valence-electron chi connectivity index (χ3n) is 3.45. The molecule has 0 saturated heterocycles. The van der Waals surface area contributed by atoms with E-state index in [1.165, 1.54) is 27.7 Å². The lowest BCUT2D eigenvalue weighted by atomic mass is 9.85. The third kappa shape index (κ3) is 3.33. The average Bonchev–Trinajstić information content (AvgIpc) is 2.25. The Morgan fingerprint density at radius 3 is 2.24 bits per heavy atom. The number of nitrogens with one attached hydrogen (secondary N) is 1. The number of hydrogen-bond donors (Lipinski definition) is 2. The lowest BCUT2D eigenvalue weighted by Gasteiger charge is -2.38. The molecule has 0 aliphatic rings. The summed E-state index contributed by atoms with van der Waals surface area (Å²) in [7, 11) is 0. The molecule has 0 spiro atoms. The lowest BCUT2D eigenvalue weighted by molar-refractivity contribution is -0.387. The van der Waals surface area contributed by atoms with Crippen LogP contribution >= 0.6 is 0 Å². The van der Waals surface area contributed by atoms with E-state index in [1.54, 1.807) is 0 Å². The van der Waals surface area contributed by atoms with E-state index in [9.17, 15) is 28.8 Å². The minimum atomic E-state index is -1.55. The van der Waals surface area contributed by atoms with Gasteiger partial charge < -0.3 is 10.4 Å². The Kier molecular flexibility index (Phi) is 4.33. The zero-order valence-electron chi connectivity index (χ0n) is 12.0. The molecule has 0 heterocycles. The van der Waals surface area contributed by atoms with Crippen LogP contribution in [0.5, 0.6) is 0 Å². The Morgan fingerprint density at radius 1 is 1.29 bits per heavy atom. The number of rotatable bonds is 4. The second-order valence-corrected chi connectivity index (χ2v) is 5.65. The van der Waals surface area contributed by atoms with E-state index in [0.29, 0.717) is 12.1 Å². The first-order chi connectivity index (χ1) is 9.38. The van der Waals surface area contributed by atoms with Crippen LogP contribution in [0.15, 0.2) is 12.1 Å². The topological polar surface area (TPSA) is 92.5 Å². The van der Waals surface area contributed by atoms with Gasteiger partial charge in [-0.15, -0.1) is 0 Å². The van der Waals surface area contributed by atoms with Crippen molar-refractivity contribution < 1.29 is 23.6 Å². The number of benzene rings is 1.